The summed E-state index contributed by atoms with van der Waals surface area (Å²) in [6, 6.07) is 16.7. The van der Waals surface area contributed by atoms with Crippen LogP contribution in [0.5, 0.6) is 0 Å². The molecule has 9 heteroatoms. The fourth-order valence-electron chi connectivity index (χ4n) is 3.72. The number of nitrogens with one attached hydrogen (secondary N) is 2. The maximum atomic E-state index is 12.9. The third kappa shape index (κ3) is 7.83. The molecule has 1 aromatic heterocycles. The number of benzene rings is 2. The van der Waals surface area contributed by atoms with Crippen LogP contribution in [0.15, 0.2) is 59.8 Å². The van der Waals surface area contributed by atoms with Gasteiger partial charge >= 0.3 is 0 Å². The Morgan fingerprint density at radius 1 is 1.06 bits per heavy atom. The van der Waals surface area contributed by atoms with Gasteiger partial charge in [-0.1, -0.05) is 79.7 Å². The van der Waals surface area contributed by atoms with Crippen LogP contribution in [0.2, 0.25) is 5.02 Å². The molecule has 0 spiro atoms. The van der Waals surface area contributed by atoms with Crippen LogP contribution >= 0.6 is 23.4 Å². The smallest absolute Gasteiger partial charge is 0.253 e. The van der Waals surface area contributed by atoms with Gasteiger partial charge in [-0.3, -0.25) is 9.59 Å². The van der Waals surface area contributed by atoms with Crippen LogP contribution < -0.4 is 10.6 Å². The van der Waals surface area contributed by atoms with Crippen molar-refractivity contribution < 1.29 is 9.59 Å². The first-order valence-electron chi connectivity index (χ1n) is 11.8. The van der Waals surface area contributed by atoms with Crippen LogP contribution in [0, 0.1) is 5.92 Å². The molecule has 2 aromatic carbocycles. The first kappa shape index (κ1) is 26.8. The summed E-state index contributed by atoms with van der Waals surface area (Å²) in [5, 5.41) is 15.8. The molecule has 0 aliphatic heterocycles. The second-order valence-corrected chi connectivity index (χ2v) is 9.94. The lowest BCUT2D eigenvalue weighted by atomic mass is 10.0. The minimum atomic E-state index is -0.333. The number of hydrogen-bond acceptors (Lipinski definition) is 5. The van der Waals surface area contributed by atoms with Crippen LogP contribution in [-0.2, 0) is 17.8 Å². The van der Waals surface area contributed by atoms with Crippen molar-refractivity contribution in [1.29, 1.82) is 0 Å². The number of thioether (sulfide) groups is 1. The molecule has 2 amide bonds. The monoisotopic (exact) mass is 513 g/mol. The Morgan fingerprint density at radius 2 is 1.77 bits per heavy atom. The Morgan fingerprint density at radius 3 is 2.46 bits per heavy atom. The highest BCUT2D eigenvalue weighted by Crippen LogP contribution is 2.26. The molecule has 0 radical (unpaired) electrons. The van der Waals surface area contributed by atoms with Crippen LogP contribution in [0.4, 0.5) is 0 Å². The van der Waals surface area contributed by atoms with E-state index in [1.165, 1.54) is 17.3 Å². The normalized spacial score (nSPS) is 11.9. The summed E-state index contributed by atoms with van der Waals surface area (Å²) < 4.78 is 1.96. The SMILES string of the molecule is CCn1c(SCC(=O)NCCc2ccccc2)nnc1[C@H](CC(C)C)NC(=O)c1ccccc1Cl. The van der Waals surface area contributed by atoms with Gasteiger partial charge in [0.1, 0.15) is 0 Å². The zero-order valence-electron chi connectivity index (χ0n) is 20.3. The average Bonchev–Trinajstić information content (AvgIpc) is 3.26. The summed E-state index contributed by atoms with van der Waals surface area (Å²) >= 11 is 7.57. The maximum absolute atomic E-state index is 12.9. The van der Waals surface area contributed by atoms with E-state index in [9.17, 15) is 9.59 Å². The van der Waals surface area contributed by atoms with Crippen molar-refractivity contribution in [3.63, 3.8) is 0 Å². The lowest BCUT2D eigenvalue weighted by molar-refractivity contribution is -0.118. The molecule has 0 bridgehead atoms. The van der Waals surface area contributed by atoms with Crippen molar-refractivity contribution in [2.45, 2.75) is 51.4 Å². The zero-order chi connectivity index (χ0) is 25.2. The number of halogens is 1. The van der Waals surface area contributed by atoms with E-state index < -0.39 is 0 Å². The predicted octanol–water partition coefficient (Wildman–Crippen LogP) is 4.92. The summed E-state index contributed by atoms with van der Waals surface area (Å²) in [5.74, 6) is 0.935. The van der Waals surface area contributed by atoms with Crippen molar-refractivity contribution >= 4 is 35.2 Å². The van der Waals surface area contributed by atoms with E-state index in [-0.39, 0.29) is 23.6 Å². The van der Waals surface area contributed by atoms with Crippen molar-refractivity contribution in [2.24, 2.45) is 5.92 Å². The summed E-state index contributed by atoms with van der Waals surface area (Å²) in [6.07, 6.45) is 1.48. The third-order valence-electron chi connectivity index (χ3n) is 5.42. The number of aromatic nitrogens is 3. The van der Waals surface area contributed by atoms with E-state index >= 15 is 0 Å². The second kappa shape index (κ2) is 13.3. The van der Waals surface area contributed by atoms with Crippen LogP contribution in [0.25, 0.3) is 0 Å². The molecule has 0 saturated carbocycles. The molecule has 3 rings (SSSR count). The van der Waals surface area contributed by atoms with Gasteiger partial charge in [0.2, 0.25) is 5.91 Å². The van der Waals surface area contributed by atoms with Crippen molar-refractivity contribution in [1.82, 2.24) is 25.4 Å². The molecular formula is C26H32ClN5O2S. The predicted molar refractivity (Wildman–Crippen MR) is 141 cm³/mol. The first-order valence-corrected chi connectivity index (χ1v) is 13.2. The van der Waals surface area contributed by atoms with Gasteiger partial charge < -0.3 is 15.2 Å². The molecule has 0 unspecified atom stereocenters. The van der Waals surface area contributed by atoms with Gasteiger partial charge in [0.25, 0.3) is 5.91 Å². The Balaban J connectivity index is 1.64. The summed E-state index contributed by atoms with van der Waals surface area (Å²) in [7, 11) is 0. The molecule has 0 fully saturated rings. The molecule has 3 aromatic rings. The Kier molecular flexibility index (Phi) is 10.2. The number of carbonyl (C=O) groups is 2. The lowest BCUT2D eigenvalue weighted by Crippen LogP contribution is -2.32. The number of nitrogens with zero attached hydrogens (tertiary/aromatic N) is 3. The zero-order valence-corrected chi connectivity index (χ0v) is 21.9. The lowest BCUT2D eigenvalue weighted by Gasteiger charge is -2.21. The maximum Gasteiger partial charge on any atom is 0.253 e. The van der Waals surface area contributed by atoms with Gasteiger partial charge in [0.05, 0.1) is 22.4 Å². The molecule has 0 aliphatic carbocycles. The third-order valence-corrected chi connectivity index (χ3v) is 6.71. The summed E-state index contributed by atoms with van der Waals surface area (Å²) in [4.78, 5) is 25.3. The fourth-order valence-corrected chi connectivity index (χ4v) is 4.78. The molecular weight excluding hydrogens is 482 g/mol. The Labute approximate surface area is 216 Å². The summed E-state index contributed by atoms with van der Waals surface area (Å²) in [5.41, 5.74) is 1.61. The first-order chi connectivity index (χ1) is 16.9. The highest BCUT2D eigenvalue weighted by atomic mass is 35.5. The number of carbonyl (C=O) groups excluding carboxylic acids is 2. The summed E-state index contributed by atoms with van der Waals surface area (Å²) in [6.45, 7) is 7.39. The standard InChI is InChI=1S/C26H32ClN5O2S/c1-4-32-24(22(16-18(2)3)29-25(34)20-12-8-9-13-21(20)27)30-31-26(32)35-17-23(33)28-15-14-19-10-6-5-7-11-19/h5-13,18,22H,4,14-17H2,1-3H3,(H,28,33)(H,29,34)/t22-/m0/s1. The van der Waals surface area contributed by atoms with Crippen LogP contribution in [0.1, 0.15) is 55.0 Å². The highest BCUT2D eigenvalue weighted by molar-refractivity contribution is 7.99. The number of hydrogen-bond donors (Lipinski definition) is 2. The molecule has 0 saturated heterocycles. The molecule has 186 valence electrons. The quantitative estimate of drug-likeness (QED) is 0.335. The van der Waals surface area contributed by atoms with E-state index in [2.05, 4.69) is 34.7 Å². The van der Waals surface area contributed by atoms with Crippen LogP contribution in [-0.4, -0.2) is 38.9 Å². The van der Waals surface area contributed by atoms with Gasteiger partial charge in [-0.25, -0.2) is 0 Å². The van der Waals surface area contributed by atoms with E-state index in [4.69, 9.17) is 11.6 Å². The van der Waals surface area contributed by atoms with Gasteiger partial charge in [-0.15, -0.1) is 10.2 Å². The number of rotatable bonds is 12. The molecule has 0 aliphatic rings. The van der Waals surface area contributed by atoms with Crippen molar-refractivity contribution in [2.75, 3.05) is 12.3 Å². The van der Waals surface area contributed by atoms with Gasteiger partial charge in [-0.2, -0.15) is 0 Å². The Bertz CT molecular complexity index is 1120. The minimum Gasteiger partial charge on any atom is -0.355 e. The van der Waals surface area contributed by atoms with E-state index in [1.54, 1.807) is 24.3 Å². The fraction of sp³-hybridized carbons (Fsp3) is 0.385. The van der Waals surface area contributed by atoms with E-state index in [1.807, 2.05) is 41.8 Å². The highest BCUT2D eigenvalue weighted by Gasteiger charge is 2.25. The largest absolute Gasteiger partial charge is 0.355 e. The van der Waals surface area contributed by atoms with E-state index in [0.29, 0.717) is 47.0 Å². The Hall–Kier alpha value is -2.84. The van der Waals surface area contributed by atoms with Crippen LogP contribution in [0.3, 0.4) is 0 Å². The van der Waals surface area contributed by atoms with Gasteiger partial charge in [-0.05, 0) is 43.4 Å². The molecule has 7 nitrogen and oxygen atoms in total. The number of amides is 2. The van der Waals surface area contributed by atoms with Crippen molar-refractivity contribution in [3.05, 3.63) is 76.6 Å². The topological polar surface area (TPSA) is 88.9 Å². The minimum absolute atomic E-state index is 0.0520. The molecule has 1 heterocycles. The molecule has 1 atom stereocenters. The van der Waals surface area contributed by atoms with Crippen molar-refractivity contribution in [3.8, 4) is 0 Å². The molecule has 2 N–H and O–H groups in total. The van der Waals surface area contributed by atoms with E-state index in [0.717, 1.165) is 6.42 Å². The molecule has 35 heavy (non-hydrogen) atoms. The van der Waals surface area contributed by atoms with Gasteiger partial charge in [0.15, 0.2) is 11.0 Å². The van der Waals surface area contributed by atoms with Gasteiger partial charge in [0, 0.05) is 13.1 Å². The average molecular weight is 514 g/mol. The second-order valence-electron chi connectivity index (χ2n) is 8.59.